The number of carbonyl (C=O) groups excluding carboxylic acids is 3. The van der Waals surface area contributed by atoms with Crippen LogP contribution < -0.4 is 5.32 Å². The number of nitrogens with zero attached hydrogens (tertiary/aromatic N) is 5. The SMILES string of the molecule is CCOC(=O)c1cc(C(=O)Nc2cnn(CC)c2C(=O)N(C)C)nn1C. The zero-order chi connectivity index (χ0) is 19.4. The minimum absolute atomic E-state index is 0.0306. The summed E-state index contributed by atoms with van der Waals surface area (Å²) in [5.74, 6) is -1.41. The lowest BCUT2D eigenvalue weighted by Gasteiger charge is -2.13. The Balaban J connectivity index is 2.29. The summed E-state index contributed by atoms with van der Waals surface area (Å²) in [5, 5.41) is 10.8. The Hall–Kier alpha value is -3.17. The molecule has 0 atom stereocenters. The number of anilines is 1. The maximum absolute atomic E-state index is 12.5. The first-order chi connectivity index (χ1) is 12.3. The van der Waals surface area contributed by atoms with Crippen molar-refractivity contribution in [3.05, 3.63) is 29.3 Å². The van der Waals surface area contributed by atoms with E-state index in [1.807, 2.05) is 6.92 Å². The summed E-state index contributed by atoms with van der Waals surface area (Å²) in [6.07, 6.45) is 1.41. The first-order valence-corrected chi connectivity index (χ1v) is 8.10. The third-order valence-corrected chi connectivity index (χ3v) is 3.59. The maximum Gasteiger partial charge on any atom is 0.356 e. The molecule has 1 N–H and O–H groups in total. The van der Waals surface area contributed by atoms with Gasteiger partial charge in [-0.05, 0) is 13.8 Å². The highest BCUT2D eigenvalue weighted by Gasteiger charge is 2.23. The van der Waals surface area contributed by atoms with E-state index in [4.69, 9.17) is 4.74 Å². The van der Waals surface area contributed by atoms with Crippen molar-refractivity contribution in [2.24, 2.45) is 7.05 Å². The van der Waals surface area contributed by atoms with Gasteiger partial charge < -0.3 is 15.0 Å². The molecule has 26 heavy (non-hydrogen) atoms. The summed E-state index contributed by atoms with van der Waals surface area (Å²) in [5.41, 5.74) is 0.736. The van der Waals surface area contributed by atoms with Gasteiger partial charge in [0.05, 0.1) is 18.5 Å². The van der Waals surface area contributed by atoms with E-state index in [0.29, 0.717) is 6.54 Å². The Kier molecular flexibility index (Phi) is 5.75. The van der Waals surface area contributed by atoms with Gasteiger partial charge in [-0.2, -0.15) is 10.2 Å². The van der Waals surface area contributed by atoms with E-state index < -0.39 is 11.9 Å². The molecule has 2 aromatic heterocycles. The number of hydrogen-bond acceptors (Lipinski definition) is 6. The summed E-state index contributed by atoms with van der Waals surface area (Å²) in [6, 6.07) is 1.34. The van der Waals surface area contributed by atoms with E-state index in [-0.39, 0.29) is 35.3 Å². The quantitative estimate of drug-likeness (QED) is 0.760. The number of ether oxygens (including phenoxy) is 1. The van der Waals surface area contributed by atoms with Crippen LogP contribution in [0.2, 0.25) is 0 Å². The van der Waals surface area contributed by atoms with Crippen molar-refractivity contribution in [2.45, 2.75) is 20.4 Å². The fourth-order valence-electron chi connectivity index (χ4n) is 2.31. The molecule has 0 fully saturated rings. The number of amides is 2. The summed E-state index contributed by atoms with van der Waals surface area (Å²) in [4.78, 5) is 38.1. The smallest absolute Gasteiger partial charge is 0.356 e. The van der Waals surface area contributed by atoms with Crippen molar-refractivity contribution < 1.29 is 19.1 Å². The van der Waals surface area contributed by atoms with Crippen LogP contribution in [0, 0.1) is 0 Å². The number of aromatic nitrogens is 4. The number of nitrogens with one attached hydrogen (secondary N) is 1. The van der Waals surface area contributed by atoms with Gasteiger partial charge in [0.25, 0.3) is 11.8 Å². The zero-order valence-corrected chi connectivity index (χ0v) is 15.4. The maximum atomic E-state index is 12.5. The van der Waals surface area contributed by atoms with E-state index in [0.717, 1.165) is 0 Å². The molecule has 0 unspecified atom stereocenters. The second kappa shape index (κ2) is 7.81. The first kappa shape index (κ1) is 19.2. The zero-order valence-electron chi connectivity index (χ0n) is 15.4. The van der Waals surface area contributed by atoms with E-state index >= 15 is 0 Å². The van der Waals surface area contributed by atoms with Gasteiger partial charge >= 0.3 is 5.97 Å². The molecular formula is C16H22N6O4. The Morgan fingerprint density at radius 1 is 1.27 bits per heavy atom. The molecular weight excluding hydrogens is 340 g/mol. The minimum atomic E-state index is -0.566. The predicted molar refractivity (Wildman–Crippen MR) is 93.0 cm³/mol. The van der Waals surface area contributed by atoms with Gasteiger partial charge in [0.15, 0.2) is 5.69 Å². The fourth-order valence-corrected chi connectivity index (χ4v) is 2.31. The molecule has 2 amide bonds. The standard InChI is InChI=1S/C16H22N6O4/c1-6-22-13(15(24)20(3)4)11(9-17-22)18-14(23)10-8-12(21(5)19-10)16(25)26-7-2/h8-9H,6-7H2,1-5H3,(H,18,23). The highest BCUT2D eigenvalue weighted by molar-refractivity contribution is 6.08. The minimum Gasteiger partial charge on any atom is -0.461 e. The Bertz CT molecular complexity index is 836. The molecule has 0 saturated heterocycles. The molecule has 0 spiro atoms. The molecule has 2 aromatic rings. The van der Waals surface area contributed by atoms with Crippen molar-refractivity contribution in [1.82, 2.24) is 24.5 Å². The van der Waals surface area contributed by atoms with Crippen LogP contribution >= 0.6 is 0 Å². The molecule has 2 heterocycles. The van der Waals surface area contributed by atoms with E-state index in [2.05, 4.69) is 15.5 Å². The summed E-state index contributed by atoms with van der Waals surface area (Å²) in [6.45, 7) is 4.23. The van der Waals surface area contributed by atoms with Crippen molar-refractivity contribution in [3.63, 3.8) is 0 Å². The lowest BCUT2D eigenvalue weighted by Crippen LogP contribution is -2.26. The van der Waals surface area contributed by atoms with Gasteiger partial charge in [-0.3, -0.25) is 19.0 Å². The first-order valence-electron chi connectivity index (χ1n) is 8.10. The molecule has 0 aliphatic rings. The van der Waals surface area contributed by atoms with Crippen LogP contribution in [0.15, 0.2) is 12.3 Å². The second-order valence-electron chi connectivity index (χ2n) is 5.64. The average Bonchev–Trinajstić information content (AvgIpc) is 3.17. The third-order valence-electron chi connectivity index (χ3n) is 3.59. The Morgan fingerprint density at radius 2 is 1.96 bits per heavy atom. The van der Waals surface area contributed by atoms with Crippen LogP contribution in [0.3, 0.4) is 0 Å². The highest BCUT2D eigenvalue weighted by Crippen LogP contribution is 2.18. The predicted octanol–water partition coefficient (Wildman–Crippen LogP) is 0.767. The molecule has 0 bridgehead atoms. The van der Waals surface area contributed by atoms with Crippen LogP contribution in [0.4, 0.5) is 5.69 Å². The van der Waals surface area contributed by atoms with Crippen LogP contribution in [0.1, 0.15) is 45.3 Å². The van der Waals surface area contributed by atoms with Crippen LogP contribution in [-0.4, -0.2) is 62.9 Å². The van der Waals surface area contributed by atoms with Gasteiger partial charge in [0, 0.05) is 33.8 Å². The molecule has 0 aromatic carbocycles. The third kappa shape index (κ3) is 3.73. The molecule has 10 heteroatoms. The van der Waals surface area contributed by atoms with Crippen LogP contribution in [-0.2, 0) is 18.3 Å². The molecule has 10 nitrogen and oxygen atoms in total. The van der Waals surface area contributed by atoms with Crippen molar-refractivity contribution >= 4 is 23.5 Å². The number of rotatable bonds is 6. The fraction of sp³-hybridized carbons (Fsp3) is 0.438. The summed E-state index contributed by atoms with van der Waals surface area (Å²) in [7, 11) is 4.77. The van der Waals surface area contributed by atoms with E-state index in [1.54, 1.807) is 28.1 Å². The van der Waals surface area contributed by atoms with Gasteiger partial charge in [-0.25, -0.2) is 4.79 Å². The molecule has 0 saturated carbocycles. The topological polar surface area (TPSA) is 111 Å². The van der Waals surface area contributed by atoms with Crippen molar-refractivity contribution in [1.29, 1.82) is 0 Å². The second-order valence-corrected chi connectivity index (χ2v) is 5.64. The average molecular weight is 362 g/mol. The normalized spacial score (nSPS) is 10.5. The van der Waals surface area contributed by atoms with Crippen LogP contribution in [0.5, 0.6) is 0 Å². The number of carbonyl (C=O) groups is 3. The molecule has 0 radical (unpaired) electrons. The number of esters is 1. The Morgan fingerprint density at radius 3 is 2.54 bits per heavy atom. The van der Waals surface area contributed by atoms with Gasteiger partial charge in [0.2, 0.25) is 0 Å². The van der Waals surface area contributed by atoms with E-state index in [9.17, 15) is 14.4 Å². The largest absolute Gasteiger partial charge is 0.461 e. The van der Waals surface area contributed by atoms with Crippen molar-refractivity contribution in [3.8, 4) is 0 Å². The summed E-state index contributed by atoms with van der Waals surface area (Å²) < 4.78 is 7.69. The number of hydrogen-bond donors (Lipinski definition) is 1. The van der Waals surface area contributed by atoms with Gasteiger partial charge in [-0.15, -0.1) is 0 Å². The molecule has 0 aliphatic carbocycles. The monoisotopic (exact) mass is 362 g/mol. The van der Waals surface area contributed by atoms with Crippen molar-refractivity contribution in [2.75, 3.05) is 26.0 Å². The van der Waals surface area contributed by atoms with E-state index in [1.165, 1.54) is 26.5 Å². The van der Waals surface area contributed by atoms with Gasteiger partial charge in [-0.1, -0.05) is 0 Å². The lowest BCUT2D eigenvalue weighted by molar-refractivity contribution is 0.0513. The Labute approximate surface area is 150 Å². The summed E-state index contributed by atoms with van der Waals surface area (Å²) >= 11 is 0. The van der Waals surface area contributed by atoms with Crippen LogP contribution in [0.25, 0.3) is 0 Å². The lowest BCUT2D eigenvalue weighted by atomic mass is 10.3. The highest BCUT2D eigenvalue weighted by atomic mass is 16.5. The van der Waals surface area contributed by atoms with Gasteiger partial charge in [0.1, 0.15) is 11.4 Å². The molecule has 2 rings (SSSR count). The molecule has 0 aliphatic heterocycles. The molecule has 140 valence electrons. The number of aryl methyl sites for hydroxylation is 2.